The Balaban J connectivity index is 1.80. The molecule has 1 aromatic rings. The minimum absolute atomic E-state index is 0.481. The van der Waals surface area contributed by atoms with E-state index in [0.717, 1.165) is 56.7 Å². The maximum Gasteiger partial charge on any atom is 0.193 e. The maximum atomic E-state index is 5.71. The largest absolute Gasteiger partial charge is 0.496 e. The van der Waals surface area contributed by atoms with Crippen LogP contribution in [-0.4, -0.2) is 76.8 Å². The molecule has 0 radical (unpaired) electrons. The zero-order valence-electron chi connectivity index (χ0n) is 18.4. The summed E-state index contributed by atoms with van der Waals surface area (Å²) in [7, 11) is 3.43. The van der Waals surface area contributed by atoms with Crippen LogP contribution in [0.3, 0.4) is 0 Å². The second-order valence-corrected chi connectivity index (χ2v) is 8.49. The van der Waals surface area contributed by atoms with Gasteiger partial charge in [-0.3, -0.25) is 4.99 Å². The lowest BCUT2D eigenvalue weighted by atomic mass is 10.1. The Bertz CT molecular complexity index is 615. The standard InChI is InChI=1S/C22H37N3O3S/c1-5-23-22(25-11-10-19(15-25)16-28-13-12-26-3)24-14-18(2)17-29-21-9-7-6-8-20(21)27-4/h6-9,18-19H,5,10-17H2,1-4H3,(H,23,24). The Morgan fingerprint density at radius 1 is 1.31 bits per heavy atom. The molecule has 0 bridgehead atoms. The summed E-state index contributed by atoms with van der Waals surface area (Å²) in [5.41, 5.74) is 0. The fourth-order valence-electron chi connectivity index (χ4n) is 3.24. The second kappa shape index (κ2) is 13.7. The van der Waals surface area contributed by atoms with Gasteiger partial charge in [0.1, 0.15) is 5.75 Å². The van der Waals surface area contributed by atoms with Crippen molar-refractivity contribution in [2.24, 2.45) is 16.8 Å². The molecule has 0 saturated carbocycles. The van der Waals surface area contributed by atoms with Crippen LogP contribution in [0.4, 0.5) is 0 Å². The Hall–Kier alpha value is -1.44. The van der Waals surface area contributed by atoms with Gasteiger partial charge in [-0.25, -0.2) is 0 Å². The SMILES string of the molecule is CCNC(=NCC(C)CSc1ccccc1OC)N1CCC(COCCOC)C1. The molecule has 1 aliphatic rings. The van der Waals surface area contributed by atoms with Crippen molar-refractivity contribution in [1.82, 2.24) is 10.2 Å². The zero-order chi connectivity index (χ0) is 20.9. The zero-order valence-corrected chi connectivity index (χ0v) is 19.2. The van der Waals surface area contributed by atoms with E-state index in [2.05, 4.69) is 36.2 Å². The van der Waals surface area contributed by atoms with E-state index in [0.29, 0.717) is 25.0 Å². The van der Waals surface area contributed by atoms with Crippen LogP contribution in [0, 0.1) is 11.8 Å². The predicted molar refractivity (Wildman–Crippen MR) is 121 cm³/mol. The summed E-state index contributed by atoms with van der Waals surface area (Å²) in [6.07, 6.45) is 1.15. The van der Waals surface area contributed by atoms with Crippen LogP contribution in [-0.2, 0) is 9.47 Å². The highest BCUT2D eigenvalue weighted by atomic mass is 32.2. The second-order valence-electron chi connectivity index (χ2n) is 7.43. The number of benzene rings is 1. The topological polar surface area (TPSA) is 55.3 Å². The van der Waals surface area contributed by atoms with Crippen molar-refractivity contribution in [2.45, 2.75) is 25.2 Å². The summed E-state index contributed by atoms with van der Waals surface area (Å²) in [5, 5.41) is 3.46. The number of thioether (sulfide) groups is 1. The predicted octanol–water partition coefficient (Wildman–Crippen LogP) is 3.37. The van der Waals surface area contributed by atoms with E-state index >= 15 is 0 Å². The van der Waals surface area contributed by atoms with Crippen molar-refractivity contribution in [3.8, 4) is 5.75 Å². The normalized spacial score (nSPS) is 18.1. The van der Waals surface area contributed by atoms with Gasteiger partial charge in [0.15, 0.2) is 5.96 Å². The number of nitrogens with zero attached hydrogens (tertiary/aromatic N) is 2. The summed E-state index contributed by atoms with van der Waals surface area (Å²) in [5.74, 6) is 4.03. The lowest BCUT2D eigenvalue weighted by Gasteiger charge is -2.22. The molecule has 6 nitrogen and oxygen atoms in total. The van der Waals surface area contributed by atoms with E-state index < -0.39 is 0 Å². The smallest absolute Gasteiger partial charge is 0.193 e. The number of rotatable bonds is 12. The van der Waals surface area contributed by atoms with E-state index in [1.807, 2.05) is 23.9 Å². The number of likely N-dealkylation sites (tertiary alicyclic amines) is 1. The lowest BCUT2D eigenvalue weighted by Crippen LogP contribution is -2.40. The highest BCUT2D eigenvalue weighted by Crippen LogP contribution is 2.30. The molecule has 2 rings (SSSR count). The van der Waals surface area contributed by atoms with E-state index in [4.69, 9.17) is 19.2 Å². The molecular weight excluding hydrogens is 386 g/mol. The first-order valence-corrected chi connectivity index (χ1v) is 11.5. The number of guanidine groups is 1. The molecule has 0 amide bonds. The van der Waals surface area contributed by atoms with Gasteiger partial charge in [-0.15, -0.1) is 11.8 Å². The number of ether oxygens (including phenoxy) is 3. The molecule has 2 atom stereocenters. The van der Waals surface area contributed by atoms with E-state index in [1.165, 1.54) is 4.90 Å². The molecule has 0 aromatic heterocycles. The van der Waals surface area contributed by atoms with Crippen LogP contribution in [0.15, 0.2) is 34.2 Å². The molecule has 29 heavy (non-hydrogen) atoms. The molecule has 2 unspecified atom stereocenters. The van der Waals surface area contributed by atoms with E-state index in [1.54, 1.807) is 14.2 Å². The maximum absolute atomic E-state index is 5.71. The van der Waals surface area contributed by atoms with Crippen molar-refractivity contribution < 1.29 is 14.2 Å². The van der Waals surface area contributed by atoms with Crippen LogP contribution in [0.2, 0.25) is 0 Å². The molecule has 1 saturated heterocycles. The van der Waals surface area contributed by atoms with E-state index in [-0.39, 0.29) is 0 Å². The fourth-order valence-corrected chi connectivity index (χ4v) is 4.28. The summed E-state index contributed by atoms with van der Waals surface area (Å²) in [6, 6.07) is 8.19. The fraction of sp³-hybridized carbons (Fsp3) is 0.682. The summed E-state index contributed by atoms with van der Waals surface area (Å²) in [6.45, 7) is 10.2. The van der Waals surface area contributed by atoms with Gasteiger partial charge in [-0.05, 0) is 31.4 Å². The molecule has 1 N–H and O–H groups in total. The van der Waals surface area contributed by atoms with Crippen molar-refractivity contribution >= 4 is 17.7 Å². The van der Waals surface area contributed by atoms with Gasteiger partial charge in [0, 0.05) is 49.9 Å². The Labute approximate surface area is 180 Å². The summed E-state index contributed by atoms with van der Waals surface area (Å²) < 4.78 is 16.2. The Morgan fingerprint density at radius 2 is 2.14 bits per heavy atom. The van der Waals surface area contributed by atoms with Gasteiger partial charge in [-0.1, -0.05) is 19.1 Å². The molecule has 0 spiro atoms. The van der Waals surface area contributed by atoms with Crippen LogP contribution >= 0.6 is 11.8 Å². The average molecular weight is 424 g/mol. The van der Waals surface area contributed by atoms with Gasteiger partial charge in [0.2, 0.25) is 0 Å². The summed E-state index contributed by atoms with van der Waals surface area (Å²) >= 11 is 1.84. The Morgan fingerprint density at radius 3 is 2.90 bits per heavy atom. The van der Waals surface area contributed by atoms with Gasteiger partial charge >= 0.3 is 0 Å². The van der Waals surface area contributed by atoms with Gasteiger partial charge in [-0.2, -0.15) is 0 Å². The van der Waals surface area contributed by atoms with Gasteiger partial charge in [0.25, 0.3) is 0 Å². The van der Waals surface area contributed by atoms with Gasteiger partial charge < -0.3 is 24.4 Å². The highest BCUT2D eigenvalue weighted by Gasteiger charge is 2.25. The Kier molecular flexibility index (Phi) is 11.3. The molecular formula is C22H37N3O3S. The quantitative estimate of drug-likeness (QED) is 0.241. The lowest BCUT2D eigenvalue weighted by molar-refractivity contribution is 0.0536. The molecule has 164 valence electrons. The van der Waals surface area contributed by atoms with Crippen molar-refractivity contribution in [3.05, 3.63) is 24.3 Å². The van der Waals surface area contributed by atoms with Crippen molar-refractivity contribution in [3.63, 3.8) is 0 Å². The van der Waals surface area contributed by atoms with Gasteiger partial charge in [0.05, 0.1) is 26.9 Å². The first-order valence-electron chi connectivity index (χ1n) is 10.5. The average Bonchev–Trinajstić information content (AvgIpc) is 3.21. The molecule has 0 aliphatic carbocycles. The van der Waals surface area contributed by atoms with Crippen molar-refractivity contribution in [1.29, 1.82) is 0 Å². The number of para-hydroxylation sites is 1. The number of hydrogen-bond donors (Lipinski definition) is 1. The minimum atomic E-state index is 0.481. The molecule has 1 aliphatic heterocycles. The molecule has 1 aromatic carbocycles. The first-order chi connectivity index (χ1) is 14.2. The van der Waals surface area contributed by atoms with Crippen LogP contribution < -0.4 is 10.1 Å². The first kappa shape index (κ1) is 23.8. The van der Waals surface area contributed by atoms with Crippen LogP contribution in [0.1, 0.15) is 20.3 Å². The molecule has 7 heteroatoms. The van der Waals surface area contributed by atoms with E-state index in [9.17, 15) is 0 Å². The number of aliphatic imine (C=N–C) groups is 1. The monoisotopic (exact) mass is 423 g/mol. The number of nitrogens with one attached hydrogen (secondary N) is 1. The third-order valence-electron chi connectivity index (χ3n) is 4.85. The third-order valence-corrected chi connectivity index (χ3v) is 6.23. The van der Waals surface area contributed by atoms with Crippen molar-refractivity contribution in [2.75, 3.05) is 66.0 Å². The van der Waals surface area contributed by atoms with Crippen LogP contribution in [0.25, 0.3) is 0 Å². The molecule has 1 fully saturated rings. The van der Waals surface area contributed by atoms with Crippen LogP contribution in [0.5, 0.6) is 5.75 Å². The number of hydrogen-bond acceptors (Lipinski definition) is 5. The number of methoxy groups -OCH3 is 2. The summed E-state index contributed by atoms with van der Waals surface area (Å²) in [4.78, 5) is 8.48. The molecule has 1 heterocycles. The third kappa shape index (κ3) is 8.44. The highest BCUT2D eigenvalue weighted by molar-refractivity contribution is 7.99. The minimum Gasteiger partial charge on any atom is -0.496 e.